The molecule has 0 aromatic rings. The van der Waals surface area contributed by atoms with E-state index in [9.17, 15) is 19.4 Å². The number of phosphoric ester groups is 1. The Labute approximate surface area is 381 Å². The summed E-state index contributed by atoms with van der Waals surface area (Å²) in [5, 5.41) is 13.6. The molecule has 0 spiro atoms. The van der Waals surface area contributed by atoms with Crippen molar-refractivity contribution in [2.75, 3.05) is 40.9 Å². The van der Waals surface area contributed by atoms with Crippen LogP contribution >= 0.6 is 7.82 Å². The molecule has 356 valence electrons. The quantitative estimate of drug-likeness (QED) is 0.0244. The molecule has 0 aliphatic rings. The molecule has 62 heavy (non-hydrogen) atoms. The van der Waals surface area contributed by atoms with Gasteiger partial charge in [-0.05, 0) is 77.0 Å². The van der Waals surface area contributed by atoms with Crippen LogP contribution in [0.15, 0.2) is 97.2 Å². The summed E-state index contributed by atoms with van der Waals surface area (Å²) in [4.78, 5) is 22.9. The van der Waals surface area contributed by atoms with Crippen molar-refractivity contribution < 1.29 is 32.9 Å². The number of hydrogen-bond acceptors (Lipinski definition) is 5. The zero-order valence-electron chi connectivity index (χ0n) is 40.3. The summed E-state index contributed by atoms with van der Waals surface area (Å²) in [5.74, 6) is -0.191. The van der Waals surface area contributed by atoms with Gasteiger partial charge in [-0.3, -0.25) is 13.8 Å². The first-order chi connectivity index (χ1) is 30.0. The standard InChI is InChI=1S/C53H93N2O6P/c1-6-8-10-12-13-14-15-16-17-18-19-20-21-22-23-24-25-26-27-28-29-30-31-32-33-34-35-36-37-38-39-40-41-43-45-47-53(57)54-51(52(56)46-44-42-11-9-7-2)50-61-62(58,59)60-49-48-55(3,4)5/h8,10,13-14,16-17,19-20,22-23,25-26,28-29,44,46,51-52,56H,6-7,9,11-12,15,18,21,24,27,30-43,45,47-50H2,1-5H3,(H-,54,57,58,59)/p+1/b10-8-,14-13-,17-16-,20-19-,23-22-,26-25-,29-28-,46-44+. The molecule has 0 rings (SSSR count). The molecule has 0 radical (unpaired) electrons. The molecular formula is C53H94N2O6P+. The van der Waals surface area contributed by atoms with Gasteiger partial charge in [-0.15, -0.1) is 0 Å². The number of nitrogens with zero attached hydrogens (tertiary/aromatic N) is 1. The van der Waals surface area contributed by atoms with Gasteiger partial charge in [-0.1, -0.05) is 195 Å². The average Bonchev–Trinajstić information content (AvgIpc) is 3.23. The van der Waals surface area contributed by atoms with E-state index in [0.29, 0.717) is 17.4 Å². The highest BCUT2D eigenvalue weighted by atomic mass is 31.2. The molecule has 8 nitrogen and oxygen atoms in total. The van der Waals surface area contributed by atoms with Crippen molar-refractivity contribution in [2.24, 2.45) is 0 Å². The van der Waals surface area contributed by atoms with Gasteiger partial charge in [0.2, 0.25) is 5.91 Å². The molecule has 3 atom stereocenters. The fourth-order valence-electron chi connectivity index (χ4n) is 6.43. The number of quaternary nitrogens is 1. The van der Waals surface area contributed by atoms with Crippen molar-refractivity contribution in [3.05, 3.63) is 97.2 Å². The number of rotatable bonds is 43. The lowest BCUT2D eigenvalue weighted by Gasteiger charge is -2.25. The molecule has 3 N–H and O–H groups in total. The third-order valence-electron chi connectivity index (χ3n) is 10.3. The van der Waals surface area contributed by atoms with E-state index >= 15 is 0 Å². The predicted molar refractivity (Wildman–Crippen MR) is 267 cm³/mol. The minimum absolute atomic E-state index is 0.0565. The Morgan fingerprint density at radius 1 is 0.565 bits per heavy atom. The topological polar surface area (TPSA) is 105 Å². The monoisotopic (exact) mass is 886 g/mol. The second-order valence-corrected chi connectivity index (χ2v) is 18.9. The van der Waals surface area contributed by atoms with Crippen LogP contribution < -0.4 is 5.32 Å². The summed E-state index contributed by atoms with van der Waals surface area (Å²) >= 11 is 0. The number of aliphatic hydroxyl groups is 1. The van der Waals surface area contributed by atoms with E-state index in [1.807, 2.05) is 27.2 Å². The summed E-state index contributed by atoms with van der Waals surface area (Å²) in [6.07, 6.45) is 62.6. The third kappa shape index (κ3) is 45.4. The van der Waals surface area contributed by atoms with Gasteiger partial charge in [-0.2, -0.15) is 0 Å². The molecule has 9 heteroatoms. The van der Waals surface area contributed by atoms with Gasteiger partial charge in [-0.25, -0.2) is 4.57 Å². The lowest BCUT2D eigenvalue weighted by atomic mass is 10.0. The van der Waals surface area contributed by atoms with Crippen LogP contribution in [0.3, 0.4) is 0 Å². The Hall–Kier alpha value is -2.58. The van der Waals surface area contributed by atoms with E-state index in [-0.39, 0.29) is 19.1 Å². The highest BCUT2D eigenvalue weighted by Crippen LogP contribution is 2.43. The summed E-state index contributed by atoms with van der Waals surface area (Å²) in [6, 6.07) is -0.848. The van der Waals surface area contributed by atoms with Gasteiger partial charge in [0.15, 0.2) is 0 Å². The van der Waals surface area contributed by atoms with Gasteiger partial charge in [0.05, 0.1) is 39.9 Å². The van der Waals surface area contributed by atoms with Crippen molar-refractivity contribution in [3.63, 3.8) is 0 Å². The van der Waals surface area contributed by atoms with E-state index in [0.717, 1.165) is 89.9 Å². The van der Waals surface area contributed by atoms with Gasteiger partial charge in [0.25, 0.3) is 0 Å². The minimum Gasteiger partial charge on any atom is -0.387 e. The van der Waals surface area contributed by atoms with Crippen molar-refractivity contribution in [1.29, 1.82) is 0 Å². The summed E-state index contributed by atoms with van der Waals surface area (Å²) in [6.45, 7) is 4.56. The van der Waals surface area contributed by atoms with Crippen LogP contribution in [0.25, 0.3) is 0 Å². The molecule has 0 aliphatic heterocycles. The maximum absolute atomic E-state index is 12.8. The van der Waals surface area contributed by atoms with Crippen molar-refractivity contribution in [3.8, 4) is 0 Å². The summed E-state index contributed by atoms with van der Waals surface area (Å²) < 4.78 is 23.4. The van der Waals surface area contributed by atoms with Crippen LogP contribution in [-0.4, -0.2) is 73.4 Å². The van der Waals surface area contributed by atoms with Crippen LogP contribution in [-0.2, 0) is 18.4 Å². The van der Waals surface area contributed by atoms with E-state index in [1.165, 1.54) is 70.6 Å². The number of aliphatic hydroxyl groups excluding tert-OH is 1. The van der Waals surface area contributed by atoms with Gasteiger partial charge in [0, 0.05) is 6.42 Å². The summed E-state index contributed by atoms with van der Waals surface area (Å²) in [7, 11) is 1.55. The van der Waals surface area contributed by atoms with Crippen LogP contribution in [0.4, 0.5) is 0 Å². The molecule has 0 aromatic heterocycles. The number of nitrogens with one attached hydrogen (secondary N) is 1. The molecule has 1 amide bonds. The highest BCUT2D eigenvalue weighted by molar-refractivity contribution is 7.47. The Bertz CT molecular complexity index is 1330. The number of allylic oxidation sites excluding steroid dienone is 15. The van der Waals surface area contributed by atoms with Crippen LogP contribution in [0.2, 0.25) is 0 Å². The Morgan fingerprint density at radius 3 is 1.42 bits per heavy atom. The van der Waals surface area contributed by atoms with Crippen molar-refractivity contribution in [2.45, 2.75) is 193 Å². The van der Waals surface area contributed by atoms with Gasteiger partial charge < -0.3 is 19.8 Å². The Morgan fingerprint density at radius 2 is 0.968 bits per heavy atom. The first-order valence-electron chi connectivity index (χ1n) is 24.6. The predicted octanol–water partition coefficient (Wildman–Crippen LogP) is 14.3. The first kappa shape index (κ1) is 59.4. The minimum atomic E-state index is -4.33. The number of likely N-dealkylation sites (N-methyl/N-ethyl adjacent to an activating group) is 1. The second kappa shape index (κ2) is 43.7. The second-order valence-electron chi connectivity index (χ2n) is 17.5. The molecule has 0 aromatic carbocycles. The normalized spacial score (nSPS) is 15.0. The Balaban J connectivity index is 3.91. The van der Waals surface area contributed by atoms with E-state index < -0.39 is 20.0 Å². The van der Waals surface area contributed by atoms with Gasteiger partial charge in [0.1, 0.15) is 13.2 Å². The maximum Gasteiger partial charge on any atom is 0.472 e. The molecule has 0 saturated heterocycles. The fraction of sp³-hybridized carbons (Fsp3) is 0.679. The van der Waals surface area contributed by atoms with E-state index in [1.54, 1.807) is 6.08 Å². The maximum atomic E-state index is 12.8. The van der Waals surface area contributed by atoms with Crippen LogP contribution in [0.1, 0.15) is 181 Å². The SMILES string of the molecule is CC/C=C\C/C=C\C/C=C\C/C=C\C/C=C\C/C=C\C/C=C\CCCCCCCCCCCCCCCC(=O)NC(COP(=O)(O)OCC[N+](C)(C)C)C(O)/C=C/CCCCC. The lowest BCUT2D eigenvalue weighted by molar-refractivity contribution is -0.870. The first-order valence-corrected chi connectivity index (χ1v) is 26.1. The fourth-order valence-corrected chi connectivity index (χ4v) is 7.17. The number of carbonyl (C=O) groups excluding carboxylic acids is 1. The van der Waals surface area contributed by atoms with Gasteiger partial charge >= 0.3 is 7.82 Å². The molecule has 0 aliphatic carbocycles. The third-order valence-corrected chi connectivity index (χ3v) is 11.3. The van der Waals surface area contributed by atoms with Crippen molar-refractivity contribution >= 4 is 13.7 Å². The highest BCUT2D eigenvalue weighted by Gasteiger charge is 2.27. The zero-order valence-corrected chi connectivity index (χ0v) is 41.2. The Kier molecular flexibility index (Phi) is 41.8. The zero-order chi connectivity index (χ0) is 45.7. The molecule has 0 bridgehead atoms. The van der Waals surface area contributed by atoms with E-state index in [4.69, 9.17) is 9.05 Å². The average molecular weight is 886 g/mol. The van der Waals surface area contributed by atoms with Crippen LogP contribution in [0, 0.1) is 0 Å². The molecule has 0 heterocycles. The molecule has 0 saturated carbocycles. The molecular weight excluding hydrogens is 792 g/mol. The number of unbranched alkanes of at least 4 members (excludes halogenated alkanes) is 16. The number of amides is 1. The van der Waals surface area contributed by atoms with E-state index in [2.05, 4.69) is 104 Å². The lowest BCUT2D eigenvalue weighted by Crippen LogP contribution is -2.45. The van der Waals surface area contributed by atoms with Crippen molar-refractivity contribution in [1.82, 2.24) is 5.32 Å². The number of hydrogen-bond donors (Lipinski definition) is 3. The summed E-state index contributed by atoms with van der Waals surface area (Å²) in [5.41, 5.74) is 0. The largest absolute Gasteiger partial charge is 0.472 e. The number of phosphoric acid groups is 1. The molecule has 3 unspecified atom stereocenters. The smallest absolute Gasteiger partial charge is 0.387 e. The van der Waals surface area contributed by atoms with Crippen LogP contribution in [0.5, 0.6) is 0 Å². The molecule has 0 fully saturated rings. The number of carbonyl (C=O) groups is 1.